The monoisotopic (exact) mass is 142 g/mol. The molecule has 0 rings (SSSR count). The molecule has 0 radical (unpaired) electrons. The Hall–Kier alpha value is -0.560. The minimum atomic E-state index is -4.57. The SMILES string of the molecule is N=C(N)O[Cl+3]([O-])([O-])[O-]. The van der Waals surface area contributed by atoms with E-state index in [0.717, 1.165) is 0 Å². The Balaban J connectivity index is 3.55. The Kier molecular flexibility index (Phi) is 1.99. The van der Waals surface area contributed by atoms with Crippen molar-refractivity contribution in [3.63, 3.8) is 0 Å². The summed E-state index contributed by atoms with van der Waals surface area (Å²) in [6, 6.07) is -1.14. The van der Waals surface area contributed by atoms with Crippen LogP contribution in [0.25, 0.3) is 0 Å². The van der Waals surface area contributed by atoms with E-state index in [9.17, 15) is 14.0 Å². The van der Waals surface area contributed by atoms with Crippen molar-refractivity contribution in [2.45, 2.75) is 0 Å². The standard InChI is InChI=1S/CH3ClN2O4/c3-1(4)8-2(5,6)7/h(H3,3,4). The van der Waals surface area contributed by atoms with Crippen LogP contribution in [0.5, 0.6) is 0 Å². The molecule has 0 aliphatic carbocycles. The third kappa shape index (κ3) is 5.44. The van der Waals surface area contributed by atoms with Crippen LogP contribution in [-0.2, 0) is 4.29 Å². The van der Waals surface area contributed by atoms with Crippen LogP contribution in [0.15, 0.2) is 0 Å². The predicted molar refractivity (Wildman–Crippen MR) is 13.0 cm³/mol. The first kappa shape index (κ1) is 7.44. The zero-order valence-electron chi connectivity index (χ0n) is 3.59. The van der Waals surface area contributed by atoms with E-state index in [1.54, 1.807) is 0 Å². The zero-order valence-corrected chi connectivity index (χ0v) is 4.34. The van der Waals surface area contributed by atoms with Crippen molar-refractivity contribution in [2.24, 2.45) is 5.73 Å². The van der Waals surface area contributed by atoms with Crippen LogP contribution >= 0.6 is 0 Å². The van der Waals surface area contributed by atoms with Crippen molar-refractivity contribution >= 4 is 6.02 Å². The van der Waals surface area contributed by atoms with E-state index in [1.807, 2.05) is 0 Å². The molecule has 48 valence electrons. The van der Waals surface area contributed by atoms with Gasteiger partial charge in [-0.3, -0.25) is 0 Å². The molecule has 3 N–H and O–H groups in total. The maximum atomic E-state index is 9.42. The number of amidine groups is 1. The van der Waals surface area contributed by atoms with E-state index in [0.29, 0.717) is 0 Å². The molecular weight excluding hydrogens is 139 g/mol. The molecule has 0 heterocycles. The van der Waals surface area contributed by atoms with Gasteiger partial charge in [-0.1, -0.05) is 0 Å². The molecule has 0 unspecified atom stereocenters. The molecular formula is CH3ClN2O4. The summed E-state index contributed by atoms with van der Waals surface area (Å²) in [6.45, 7) is 0. The summed E-state index contributed by atoms with van der Waals surface area (Å²) in [5, 5.41) is 6.12. The van der Waals surface area contributed by atoms with Gasteiger partial charge in [-0.05, 0) is 4.29 Å². The number of rotatable bonds is 1. The van der Waals surface area contributed by atoms with Crippen LogP contribution in [0, 0.1) is 15.7 Å². The van der Waals surface area contributed by atoms with Crippen LogP contribution in [0.4, 0.5) is 0 Å². The molecule has 0 spiro atoms. The van der Waals surface area contributed by atoms with Gasteiger partial charge in [0.15, 0.2) is 0 Å². The molecule has 8 heavy (non-hydrogen) atoms. The number of hydrogen-bond donors (Lipinski definition) is 2. The van der Waals surface area contributed by atoms with Gasteiger partial charge in [-0.15, -0.1) is 0 Å². The molecule has 0 aliphatic rings. The van der Waals surface area contributed by atoms with Gasteiger partial charge < -0.3 is 5.73 Å². The van der Waals surface area contributed by atoms with Crippen LogP contribution in [0.3, 0.4) is 0 Å². The van der Waals surface area contributed by atoms with Crippen molar-refractivity contribution in [3.8, 4) is 0 Å². The summed E-state index contributed by atoms with van der Waals surface area (Å²) < 4.78 is 31.4. The number of nitrogens with two attached hydrogens (primary N) is 1. The smallest absolute Gasteiger partial charge is 0.340 e. The van der Waals surface area contributed by atoms with E-state index < -0.39 is 16.3 Å². The predicted octanol–water partition coefficient (Wildman–Crippen LogP) is -4.21. The highest BCUT2D eigenvalue weighted by Crippen LogP contribution is 1.83. The molecule has 0 aromatic carbocycles. The maximum absolute atomic E-state index is 9.42. The fourth-order valence-electron chi connectivity index (χ4n) is 0.102. The first-order valence-corrected chi connectivity index (χ1v) is 2.59. The van der Waals surface area contributed by atoms with Crippen molar-refractivity contribution in [2.75, 3.05) is 0 Å². The second-order valence-electron chi connectivity index (χ2n) is 0.819. The lowest BCUT2D eigenvalue weighted by atomic mass is 11.3. The Labute approximate surface area is 46.7 Å². The van der Waals surface area contributed by atoms with Gasteiger partial charge in [-0.2, -0.15) is 14.0 Å². The molecule has 0 amide bonds. The topological polar surface area (TPSA) is 128 Å². The van der Waals surface area contributed by atoms with Gasteiger partial charge in [-0.25, -0.2) is 5.41 Å². The molecule has 0 aliphatic heterocycles. The summed E-state index contributed by atoms with van der Waals surface area (Å²) in [7, 11) is -4.57. The van der Waals surface area contributed by atoms with Crippen LogP contribution in [0.2, 0.25) is 0 Å². The van der Waals surface area contributed by atoms with Gasteiger partial charge in [0.05, 0.1) is 0 Å². The van der Waals surface area contributed by atoms with Gasteiger partial charge in [0.2, 0.25) is 0 Å². The largest absolute Gasteiger partial charge is 0.443 e. The van der Waals surface area contributed by atoms with Crippen molar-refractivity contribution < 1.29 is 28.5 Å². The quantitative estimate of drug-likeness (QED) is 0.283. The third-order valence-electron chi connectivity index (χ3n) is 0.178. The lowest BCUT2D eigenvalue weighted by molar-refractivity contribution is -1.92. The minimum absolute atomic E-state index is 1.14. The molecule has 0 atom stereocenters. The molecule has 6 nitrogen and oxygen atoms in total. The third-order valence-corrected chi connectivity index (χ3v) is 0.533. The number of halogens is 1. The van der Waals surface area contributed by atoms with E-state index in [4.69, 9.17) is 5.41 Å². The molecule has 0 aromatic heterocycles. The number of hydrogen-bond acceptors (Lipinski definition) is 5. The van der Waals surface area contributed by atoms with Crippen molar-refractivity contribution in [1.82, 2.24) is 0 Å². The van der Waals surface area contributed by atoms with Gasteiger partial charge >= 0.3 is 6.02 Å². The summed E-state index contributed by atoms with van der Waals surface area (Å²) in [5.74, 6) is 0. The first-order valence-electron chi connectivity index (χ1n) is 1.36. The second kappa shape index (κ2) is 2.14. The van der Waals surface area contributed by atoms with E-state index in [-0.39, 0.29) is 0 Å². The van der Waals surface area contributed by atoms with Gasteiger partial charge in [0.25, 0.3) is 0 Å². The lowest BCUT2D eigenvalue weighted by Crippen LogP contribution is -2.62. The molecule has 0 bridgehead atoms. The summed E-state index contributed by atoms with van der Waals surface area (Å²) >= 11 is 0. The van der Waals surface area contributed by atoms with Crippen LogP contribution in [-0.4, -0.2) is 6.02 Å². The van der Waals surface area contributed by atoms with Gasteiger partial charge in [0, 0.05) is 0 Å². The van der Waals surface area contributed by atoms with Crippen LogP contribution in [0.1, 0.15) is 0 Å². The molecule has 0 aromatic rings. The molecule has 0 fully saturated rings. The summed E-state index contributed by atoms with van der Waals surface area (Å²) in [4.78, 5) is 0. The summed E-state index contributed by atoms with van der Waals surface area (Å²) in [6.07, 6.45) is 0. The molecule has 0 saturated carbocycles. The average Bonchev–Trinajstić information content (AvgIpc) is 1.21. The van der Waals surface area contributed by atoms with Crippen molar-refractivity contribution in [3.05, 3.63) is 0 Å². The highest BCUT2D eigenvalue weighted by Gasteiger charge is 2.18. The first-order chi connectivity index (χ1) is 3.42. The lowest BCUT2D eigenvalue weighted by Gasteiger charge is -2.09. The second-order valence-corrected chi connectivity index (χ2v) is 1.73. The Bertz CT molecular complexity index is 96.7. The Morgan fingerprint density at radius 1 is 1.50 bits per heavy atom. The van der Waals surface area contributed by atoms with E-state index in [1.165, 1.54) is 0 Å². The van der Waals surface area contributed by atoms with E-state index in [2.05, 4.69) is 10.0 Å². The molecule has 7 heteroatoms. The van der Waals surface area contributed by atoms with E-state index >= 15 is 0 Å². The molecule has 0 saturated heterocycles. The Morgan fingerprint density at radius 2 is 1.88 bits per heavy atom. The highest BCUT2D eigenvalue weighted by molar-refractivity contribution is 5.66. The normalized spacial score (nSPS) is 10.9. The van der Waals surface area contributed by atoms with Crippen molar-refractivity contribution in [1.29, 1.82) is 5.41 Å². The summed E-state index contributed by atoms with van der Waals surface area (Å²) in [5.41, 5.74) is 4.35. The Morgan fingerprint density at radius 3 is 1.88 bits per heavy atom. The highest BCUT2D eigenvalue weighted by atomic mass is 35.7. The number of nitrogens with one attached hydrogen (secondary N) is 1. The average molecular weight is 142 g/mol. The fraction of sp³-hybridized carbons (Fsp3) is 0. The maximum Gasteiger partial charge on any atom is 0.443 e. The fourth-order valence-corrected chi connectivity index (χ4v) is 0.305. The zero-order chi connectivity index (χ0) is 6.78. The minimum Gasteiger partial charge on any atom is -0.340 e. The van der Waals surface area contributed by atoms with Gasteiger partial charge in [0.1, 0.15) is 10.2 Å². The van der Waals surface area contributed by atoms with Crippen LogP contribution < -0.4 is 19.7 Å².